The number of allylic oxidation sites excluding steroid dienone is 1. The molecule has 0 spiro atoms. The first-order valence-corrected chi connectivity index (χ1v) is 12.0. The van der Waals surface area contributed by atoms with Gasteiger partial charge in [0.2, 0.25) is 5.91 Å². The number of hydrogen-bond donors (Lipinski definition) is 6. The van der Waals surface area contributed by atoms with E-state index < -0.39 is 0 Å². The first kappa shape index (κ1) is 25.6. The van der Waals surface area contributed by atoms with E-state index in [1.165, 1.54) is 22.3 Å². The van der Waals surface area contributed by atoms with Crippen molar-refractivity contribution >= 4 is 40.1 Å². The number of amides is 1. The lowest BCUT2D eigenvalue weighted by atomic mass is 9.83. The Kier molecular flexibility index (Phi) is 7.12. The Hall–Kier alpha value is -4.44. The van der Waals surface area contributed by atoms with E-state index in [9.17, 15) is 4.79 Å². The summed E-state index contributed by atoms with van der Waals surface area (Å²) in [6.07, 6.45) is 6.32. The largest absolute Gasteiger partial charge is 0.398 e. The summed E-state index contributed by atoms with van der Waals surface area (Å²) in [4.78, 5) is 18.4. The first-order chi connectivity index (χ1) is 17.6. The second-order valence-electron chi connectivity index (χ2n) is 9.46. The highest BCUT2D eigenvalue weighted by atomic mass is 16.2. The molecule has 0 bridgehead atoms. The number of anilines is 2. The predicted octanol–water partition coefficient (Wildman–Crippen LogP) is 2.37. The second-order valence-corrected chi connectivity index (χ2v) is 9.46. The highest BCUT2D eigenvalue weighted by Crippen LogP contribution is 2.38. The van der Waals surface area contributed by atoms with Gasteiger partial charge in [-0.05, 0) is 61.1 Å². The van der Waals surface area contributed by atoms with Crippen molar-refractivity contribution in [1.82, 2.24) is 14.9 Å². The third kappa shape index (κ3) is 4.96. The van der Waals surface area contributed by atoms with E-state index >= 15 is 0 Å². The number of nitrogens with one attached hydrogen (secondary N) is 2. The molecule has 1 amide bonds. The van der Waals surface area contributed by atoms with Crippen LogP contribution in [0, 0.1) is 10.8 Å². The molecule has 10 N–H and O–H groups in total. The van der Waals surface area contributed by atoms with E-state index in [2.05, 4.69) is 0 Å². The number of likely N-dealkylation sites (N-methyl/N-ethyl adjacent to an activating group) is 1. The number of nitrogen functional groups attached to an aromatic ring is 2. The molecule has 10 heteroatoms. The molecule has 0 fully saturated rings. The van der Waals surface area contributed by atoms with Crippen LogP contribution in [0.4, 0.5) is 11.4 Å². The van der Waals surface area contributed by atoms with Gasteiger partial charge in [0.1, 0.15) is 6.54 Å². The molecule has 1 heterocycles. The van der Waals surface area contributed by atoms with Gasteiger partial charge in [-0.15, -0.1) is 0 Å². The molecule has 0 saturated carbocycles. The Morgan fingerprint density at radius 2 is 1.76 bits per heavy atom. The van der Waals surface area contributed by atoms with Crippen LogP contribution in [0.15, 0.2) is 42.2 Å². The lowest BCUT2D eigenvalue weighted by Crippen LogP contribution is -2.38. The number of carbonyl (C=O) groups excluding carboxylic acids is 1. The number of pyridine rings is 1. The maximum Gasteiger partial charge on any atom is 0.243 e. The van der Waals surface area contributed by atoms with Gasteiger partial charge in [-0.2, -0.15) is 0 Å². The number of rotatable bonds is 7. The second kappa shape index (κ2) is 10.3. The summed E-state index contributed by atoms with van der Waals surface area (Å²) in [5.41, 5.74) is 25.6. The van der Waals surface area contributed by atoms with Gasteiger partial charge >= 0.3 is 0 Å². The highest BCUT2D eigenvalue weighted by molar-refractivity contribution is 6.21. The minimum Gasteiger partial charge on any atom is -0.398 e. The van der Waals surface area contributed by atoms with Gasteiger partial charge in [0.05, 0.1) is 22.6 Å². The summed E-state index contributed by atoms with van der Waals surface area (Å²) < 4.78 is 0. The van der Waals surface area contributed by atoms with E-state index in [4.69, 9.17) is 38.8 Å². The monoisotopic (exact) mass is 499 g/mol. The van der Waals surface area contributed by atoms with Crippen molar-refractivity contribution in [1.29, 1.82) is 10.8 Å². The summed E-state index contributed by atoms with van der Waals surface area (Å²) >= 11 is 0. The van der Waals surface area contributed by atoms with Crippen LogP contribution in [0.3, 0.4) is 0 Å². The van der Waals surface area contributed by atoms with Gasteiger partial charge in [-0.3, -0.25) is 10.2 Å². The number of hydrazine groups is 1. The third-order valence-corrected chi connectivity index (χ3v) is 6.68. The molecule has 1 aromatic heterocycles. The van der Waals surface area contributed by atoms with E-state index in [0.29, 0.717) is 28.0 Å². The molecular weight excluding hydrogens is 466 g/mol. The maximum atomic E-state index is 12.0. The van der Waals surface area contributed by atoms with E-state index in [0.717, 1.165) is 53.5 Å². The molecule has 2 aromatic carbocycles. The standard InChI is InChI=1S/C27H33N9O/c1-35(2)23(37)14-36(33)13-21(31)26(32)25-20(30)9-10-22-24(25)17-5-3-4-6-18(17)27(34-22)15-7-8-19(29)16(11-15)12-28/h7-13,28,32H,3-6,14,29-31,33H2,1-2H3/b21-13-,28-12?,32-26?. The quantitative estimate of drug-likeness (QED) is 0.124. The van der Waals surface area contributed by atoms with Crippen LogP contribution in [0.1, 0.15) is 35.1 Å². The molecule has 4 rings (SSSR count). The van der Waals surface area contributed by atoms with Crippen LogP contribution < -0.4 is 23.0 Å². The first-order valence-electron chi connectivity index (χ1n) is 12.0. The topological polar surface area (TPSA) is 188 Å². The number of aromatic nitrogens is 1. The van der Waals surface area contributed by atoms with Crippen molar-refractivity contribution in [2.24, 2.45) is 11.6 Å². The molecule has 192 valence electrons. The van der Waals surface area contributed by atoms with Gasteiger partial charge in [0, 0.05) is 60.0 Å². The summed E-state index contributed by atoms with van der Waals surface area (Å²) in [5, 5.41) is 18.6. The lowest BCUT2D eigenvalue weighted by molar-refractivity contribution is -0.129. The van der Waals surface area contributed by atoms with Crippen LogP contribution in [0.25, 0.3) is 22.2 Å². The average Bonchev–Trinajstić information content (AvgIpc) is 2.88. The van der Waals surface area contributed by atoms with E-state index in [-0.39, 0.29) is 23.9 Å². The fourth-order valence-corrected chi connectivity index (χ4v) is 4.72. The van der Waals surface area contributed by atoms with Crippen molar-refractivity contribution < 1.29 is 4.79 Å². The third-order valence-electron chi connectivity index (χ3n) is 6.68. The van der Waals surface area contributed by atoms with Crippen molar-refractivity contribution in [3.63, 3.8) is 0 Å². The van der Waals surface area contributed by atoms with Gasteiger partial charge in [-0.25, -0.2) is 10.8 Å². The van der Waals surface area contributed by atoms with Crippen LogP contribution in [-0.4, -0.2) is 53.4 Å². The maximum absolute atomic E-state index is 12.0. The number of nitrogens with zero attached hydrogens (tertiary/aromatic N) is 3. The molecule has 1 aliphatic carbocycles. The molecule has 0 unspecified atom stereocenters. The number of benzene rings is 2. The molecule has 0 aliphatic heterocycles. The summed E-state index contributed by atoms with van der Waals surface area (Å²) in [6.45, 7) is -0.0777. The molecule has 0 saturated heterocycles. The number of hydrogen-bond acceptors (Lipinski definition) is 9. The number of aryl methyl sites for hydroxylation is 1. The number of nitrogens with two attached hydrogens (primary N) is 4. The molecule has 0 atom stereocenters. The van der Waals surface area contributed by atoms with Gasteiger partial charge in [0.25, 0.3) is 0 Å². The minimum absolute atomic E-state index is 0.0248. The molecule has 3 aromatic rings. The summed E-state index contributed by atoms with van der Waals surface area (Å²) in [6, 6.07) is 9.20. The molecule has 0 radical (unpaired) electrons. The number of fused-ring (bicyclic) bond motifs is 3. The molecule has 1 aliphatic rings. The number of carbonyl (C=O) groups is 1. The lowest BCUT2D eigenvalue weighted by Gasteiger charge is -2.24. The Morgan fingerprint density at radius 3 is 2.43 bits per heavy atom. The predicted molar refractivity (Wildman–Crippen MR) is 149 cm³/mol. The molecular formula is C27H33N9O. The molecule has 10 nitrogen and oxygen atoms in total. The summed E-state index contributed by atoms with van der Waals surface area (Å²) in [5.74, 6) is 5.78. The minimum atomic E-state index is -0.192. The Balaban J connectivity index is 1.87. The fraction of sp³-hybridized carbons (Fsp3) is 0.259. The van der Waals surface area contributed by atoms with Gasteiger partial charge in [-0.1, -0.05) is 6.07 Å². The van der Waals surface area contributed by atoms with E-state index in [1.807, 2.05) is 18.2 Å². The van der Waals surface area contributed by atoms with Crippen LogP contribution in [0.5, 0.6) is 0 Å². The highest BCUT2D eigenvalue weighted by Gasteiger charge is 2.24. The van der Waals surface area contributed by atoms with Gasteiger partial charge in [0.15, 0.2) is 0 Å². The summed E-state index contributed by atoms with van der Waals surface area (Å²) in [7, 11) is 3.28. The van der Waals surface area contributed by atoms with Crippen LogP contribution in [0.2, 0.25) is 0 Å². The van der Waals surface area contributed by atoms with E-state index in [1.54, 1.807) is 26.2 Å². The van der Waals surface area contributed by atoms with Crippen molar-refractivity contribution in [3.05, 3.63) is 64.5 Å². The fourth-order valence-electron chi connectivity index (χ4n) is 4.72. The Morgan fingerprint density at radius 1 is 1.08 bits per heavy atom. The van der Waals surface area contributed by atoms with Crippen molar-refractivity contribution in [3.8, 4) is 11.3 Å². The van der Waals surface area contributed by atoms with Crippen molar-refractivity contribution in [2.45, 2.75) is 25.7 Å². The van der Waals surface area contributed by atoms with Crippen LogP contribution in [-0.2, 0) is 17.6 Å². The zero-order chi connectivity index (χ0) is 26.9. The molecule has 37 heavy (non-hydrogen) atoms. The van der Waals surface area contributed by atoms with Crippen LogP contribution >= 0.6 is 0 Å². The SMILES string of the molecule is CN(C)C(=O)CN(N)/C=C(\N)C(=N)c1c(N)ccc2nc(-c3ccc(N)c(C=N)c3)c3c(c12)CCCC3. The zero-order valence-electron chi connectivity index (χ0n) is 21.1. The Bertz CT molecular complexity index is 1440. The average molecular weight is 500 g/mol. The smallest absolute Gasteiger partial charge is 0.243 e. The Labute approximate surface area is 215 Å². The zero-order valence-corrected chi connectivity index (χ0v) is 21.1. The normalized spacial score (nSPS) is 13.2. The van der Waals surface area contributed by atoms with Gasteiger partial charge < -0.3 is 32.5 Å². The van der Waals surface area contributed by atoms with Crippen molar-refractivity contribution in [2.75, 3.05) is 32.1 Å².